The lowest BCUT2D eigenvalue weighted by Gasteiger charge is -2.26. The fraction of sp³-hybridized carbons (Fsp3) is 0.375. The number of methoxy groups -OCH3 is 4. The number of benzene rings is 2. The van der Waals surface area contributed by atoms with Gasteiger partial charge in [0.25, 0.3) is 0 Å². The molecule has 232 valence electrons. The number of allylic oxidation sites excluding steroid dienone is 2. The van der Waals surface area contributed by atoms with Gasteiger partial charge in [0.05, 0.1) is 44.8 Å². The van der Waals surface area contributed by atoms with E-state index in [0.29, 0.717) is 66.8 Å². The van der Waals surface area contributed by atoms with E-state index in [2.05, 4.69) is 20.2 Å². The quantitative estimate of drug-likeness (QED) is 0.241. The van der Waals surface area contributed by atoms with Crippen LogP contribution in [0.4, 0.5) is 5.82 Å². The predicted molar refractivity (Wildman–Crippen MR) is 164 cm³/mol. The van der Waals surface area contributed by atoms with Crippen molar-refractivity contribution >= 4 is 28.3 Å². The van der Waals surface area contributed by atoms with Crippen LogP contribution < -0.4 is 24.3 Å². The molecule has 0 spiro atoms. The van der Waals surface area contributed by atoms with Gasteiger partial charge >= 0.3 is 0 Å². The lowest BCUT2D eigenvalue weighted by atomic mass is 10.0. The zero-order valence-corrected chi connectivity index (χ0v) is 25.4. The molecule has 0 unspecified atom stereocenters. The highest BCUT2D eigenvalue weighted by Gasteiger charge is 2.27. The van der Waals surface area contributed by atoms with Crippen LogP contribution in [0.5, 0.6) is 23.0 Å². The van der Waals surface area contributed by atoms with E-state index in [0.717, 1.165) is 36.6 Å². The summed E-state index contributed by atoms with van der Waals surface area (Å²) in [6.07, 6.45) is 4.99. The van der Waals surface area contributed by atoms with E-state index in [1.807, 2.05) is 23.1 Å². The van der Waals surface area contributed by atoms with Gasteiger partial charge < -0.3 is 33.9 Å². The van der Waals surface area contributed by atoms with Crippen LogP contribution in [0.25, 0.3) is 10.9 Å². The normalized spacial score (nSPS) is 15.9. The first-order chi connectivity index (χ1) is 21.4. The molecule has 0 saturated carbocycles. The standard InChI is InChI=1S/C32H37N5O7/c1-40-12-13-44-31-17-24-23(15-30(31)43-4)32(34-20-33-24)35-25-16-28(39)26(18-27(25)38)37-9-5-8-36(10-11-37)19-21-6-7-22(41-2)14-29(21)42-3/h6-7,14-18,20H,5,8-13,19H2,1-4H3,(H,33,34,35). The van der Waals surface area contributed by atoms with E-state index in [1.165, 1.54) is 25.6 Å². The molecule has 3 aromatic rings. The van der Waals surface area contributed by atoms with Crippen LogP contribution in [0, 0.1) is 0 Å². The van der Waals surface area contributed by atoms with Gasteiger partial charge in [0.2, 0.25) is 11.6 Å². The van der Waals surface area contributed by atoms with Gasteiger partial charge in [0.1, 0.15) is 30.3 Å². The summed E-state index contributed by atoms with van der Waals surface area (Å²) >= 11 is 0. The van der Waals surface area contributed by atoms with Crippen molar-refractivity contribution < 1.29 is 33.3 Å². The summed E-state index contributed by atoms with van der Waals surface area (Å²) in [5.74, 6) is 2.35. The summed E-state index contributed by atoms with van der Waals surface area (Å²) in [6.45, 7) is 4.35. The Morgan fingerprint density at radius 2 is 1.66 bits per heavy atom. The van der Waals surface area contributed by atoms with Crippen molar-refractivity contribution in [1.29, 1.82) is 0 Å². The second kappa shape index (κ2) is 14.2. The molecular weight excluding hydrogens is 566 g/mol. The Hall–Kier alpha value is -4.68. The number of ether oxygens (including phenoxy) is 5. The third-order valence-electron chi connectivity index (χ3n) is 7.60. The molecule has 2 aliphatic rings. The molecule has 1 aliphatic heterocycles. The maximum atomic E-state index is 13.3. The Balaban J connectivity index is 1.26. The number of anilines is 1. The summed E-state index contributed by atoms with van der Waals surface area (Å²) in [5.41, 5.74) is 2.19. The first-order valence-corrected chi connectivity index (χ1v) is 14.4. The van der Waals surface area contributed by atoms with E-state index < -0.39 is 0 Å². The van der Waals surface area contributed by atoms with Crippen molar-refractivity contribution in [3.05, 3.63) is 65.8 Å². The smallest absolute Gasteiger partial charge is 0.204 e. The van der Waals surface area contributed by atoms with Crippen molar-refractivity contribution in [2.75, 3.05) is 73.1 Å². The molecule has 0 radical (unpaired) electrons. The van der Waals surface area contributed by atoms with Gasteiger partial charge in [0, 0.05) is 75.1 Å². The number of fused-ring (bicyclic) bond motifs is 1. The Morgan fingerprint density at radius 3 is 2.43 bits per heavy atom. The Bertz CT molecular complexity index is 1590. The number of nitrogens with one attached hydrogen (secondary N) is 1. The van der Waals surface area contributed by atoms with Gasteiger partial charge in [-0.25, -0.2) is 9.97 Å². The fourth-order valence-electron chi connectivity index (χ4n) is 5.29. The molecule has 12 nitrogen and oxygen atoms in total. The third-order valence-corrected chi connectivity index (χ3v) is 7.60. The van der Waals surface area contributed by atoms with E-state index in [4.69, 9.17) is 23.7 Å². The Morgan fingerprint density at radius 1 is 0.818 bits per heavy atom. The Kier molecular flexibility index (Phi) is 9.93. The molecule has 44 heavy (non-hydrogen) atoms. The van der Waals surface area contributed by atoms with E-state index in [9.17, 15) is 9.59 Å². The van der Waals surface area contributed by atoms with Gasteiger partial charge in [-0.2, -0.15) is 0 Å². The highest BCUT2D eigenvalue weighted by atomic mass is 16.5. The van der Waals surface area contributed by atoms with Gasteiger partial charge in [0.15, 0.2) is 11.5 Å². The van der Waals surface area contributed by atoms with E-state index in [1.54, 1.807) is 33.5 Å². The molecule has 12 heteroatoms. The van der Waals surface area contributed by atoms with E-state index >= 15 is 0 Å². The van der Waals surface area contributed by atoms with Gasteiger partial charge in [-0.15, -0.1) is 0 Å². The maximum absolute atomic E-state index is 13.3. The van der Waals surface area contributed by atoms with Crippen molar-refractivity contribution in [2.45, 2.75) is 13.0 Å². The molecule has 0 amide bonds. The predicted octanol–water partition coefficient (Wildman–Crippen LogP) is 3.22. The molecule has 0 atom stereocenters. The number of aromatic nitrogens is 2. The number of ketones is 2. The summed E-state index contributed by atoms with van der Waals surface area (Å²) in [5, 5.41) is 3.66. The lowest BCUT2D eigenvalue weighted by Crippen LogP contribution is -2.34. The molecular formula is C32H37N5O7. The van der Waals surface area contributed by atoms with Crippen LogP contribution in [0.3, 0.4) is 0 Å². The molecule has 5 rings (SSSR count). The van der Waals surface area contributed by atoms with Gasteiger partial charge in [-0.3, -0.25) is 14.5 Å². The van der Waals surface area contributed by atoms with Crippen LogP contribution in [-0.4, -0.2) is 99.2 Å². The minimum atomic E-state index is -0.304. The minimum Gasteiger partial charge on any atom is -0.497 e. The zero-order chi connectivity index (χ0) is 31.1. The van der Waals surface area contributed by atoms with Crippen LogP contribution in [0.1, 0.15) is 12.0 Å². The second-order valence-corrected chi connectivity index (χ2v) is 10.3. The van der Waals surface area contributed by atoms with Crippen LogP contribution in [0.2, 0.25) is 0 Å². The molecule has 1 N–H and O–H groups in total. The number of carbonyl (C=O) groups excluding carboxylic acids is 2. The SMILES string of the molecule is COCCOc1cc2ncnc(NC3=CC(=O)C(N4CCCN(Cc5ccc(OC)cc5OC)CC4)=CC3=O)c2cc1OC. The third kappa shape index (κ3) is 6.92. The first kappa shape index (κ1) is 30.8. The lowest BCUT2D eigenvalue weighted by molar-refractivity contribution is -0.116. The van der Waals surface area contributed by atoms with E-state index in [-0.39, 0.29) is 17.3 Å². The number of carbonyl (C=O) groups is 2. The van der Waals surface area contributed by atoms with Gasteiger partial charge in [-0.1, -0.05) is 6.07 Å². The van der Waals surface area contributed by atoms with Crippen molar-refractivity contribution in [3.8, 4) is 23.0 Å². The van der Waals surface area contributed by atoms with Crippen LogP contribution >= 0.6 is 0 Å². The highest BCUT2D eigenvalue weighted by Crippen LogP contribution is 2.34. The molecule has 2 aromatic carbocycles. The summed E-state index contributed by atoms with van der Waals surface area (Å²) in [6, 6.07) is 9.29. The van der Waals surface area contributed by atoms with Crippen LogP contribution in [0.15, 0.2) is 60.2 Å². The summed E-state index contributed by atoms with van der Waals surface area (Å²) < 4.78 is 27.2. The summed E-state index contributed by atoms with van der Waals surface area (Å²) in [4.78, 5) is 39.5. The number of hydrogen-bond acceptors (Lipinski definition) is 12. The monoisotopic (exact) mass is 603 g/mol. The molecule has 1 fully saturated rings. The number of rotatable bonds is 12. The molecule has 1 saturated heterocycles. The average molecular weight is 604 g/mol. The fourth-order valence-corrected chi connectivity index (χ4v) is 5.29. The number of hydrogen-bond donors (Lipinski definition) is 1. The van der Waals surface area contributed by atoms with Crippen molar-refractivity contribution in [2.24, 2.45) is 0 Å². The highest BCUT2D eigenvalue weighted by molar-refractivity contribution is 6.21. The second-order valence-electron chi connectivity index (χ2n) is 10.3. The first-order valence-electron chi connectivity index (χ1n) is 14.4. The molecule has 2 heterocycles. The topological polar surface area (TPSA) is 125 Å². The van der Waals surface area contributed by atoms with Gasteiger partial charge in [-0.05, 0) is 18.6 Å². The number of nitrogens with zero attached hydrogens (tertiary/aromatic N) is 4. The summed E-state index contributed by atoms with van der Waals surface area (Å²) in [7, 11) is 6.42. The van der Waals surface area contributed by atoms with Crippen molar-refractivity contribution in [1.82, 2.24) is 19.8 Å². The molecule has 1 aromatic heterocycles. The molecule has 1 aliphatic carbocycles. The van der Waals surface area contributed by atoms with Crippen molar-refractivity contribution in [3.63, 3.8) is 0 Å². The minimum absolute atomic E-state index is 0.140. The van der Waals surface area contributed by atoms with Crippen LogP contribution in [-0.2, 0) is 20.9 Å². The zero-order valence-electron chi connectivity index (χ0n) is 25.4. The largest absolute Gasteiger partial charge is 0.497 e. The molecule has 0 bridgehead atoms. The maximum Gasteiger partial charge on any atom is 0.204 e. The Labute approximate surface area is 256 Å². The average Bonchev–Trinajstić information content (AvgIpc) is 3.28.